The molecule has 1 aliphatic heterocycles. The lowest BCUT2D eigenvalue weighted by Crippen LogP contribution is -2.44. The molecule has 1 spiro atoms. The Morgan fingerprint density at radius 1 is 1.32 bits per heavy atom. The number of nitrogens with zero attached hydrogens (tertiary/aromatic N) is 3. The van der Waals surface area contributed by atoms with Crippen LogP contribution in [0.5, 0.6) is 0 Å². The zero-order valence-corrected chi connectivity index (χ0v) is 11.7. The zero-order chi connectivity index (χ0) is 13.6. The summed E-state index contributed by atoms with van der Waals surface area (Å²) in [4.78, 5) is 14.9. The summed E-state index contributed by atoms with van der Waals surface area (Å²) in [5.74, 6) is 0. The Hall–Kier alpha value is -1.50. The van der Waals surface area contributed by atoms with E-state index in [9.17, 15) is 15.3 Å². The van der Waals surface area contributed by atoms with Crippen LogP contribution in [0.25, 0.3) is 0 Å². The molecule has 0 aromatic heterocycles. The Morgan fingerprint density at radius 2 is 2.00 bits per heavy atom. The smallest absolute Gasteiger partial charge is 0.277 e. The summed E-state index contributed by atoms with van der Waals surface area (Å²) < 4.78 is 1.39. The monoisotopic (exact) mass is 325 g/mol. The fourth-order valence-corrected chi connectivity index (χ4v) is 3.38. The molecule has 1 saturated carbocycles. The van der Waals surface area contributed by atoms with Crippen molar-refractivity contribution >= 4 is 21.6 Å². The highest BCUT2D eigenvalue weighted by Crippen LogP contribution is 2.32. The lowest BCUT2D eigenvalue weighted by molar-refractivity contribution is -0.385. The normalized spacial score (nSPS) is 20.2. The number of rotatable bonds is 1. The minimum absolute atomic E-state index is 0.0884. The van der Waals surface area contributed by atoms with Crippen LogP contribution in [0.2, 0.25) is 0 Å². The molecule has 0 amide bonds. The Labute approximate surface area is 117 Å². The maximum atomic E-state index is 12.5. The molecule has 6 nitrogen and oxygen atoms in total. The fourth-order valence-electron chi connectivity index (χ4n) is 2.85. The van der Waals surface area contributed by atoms with Crippen LogP contribution in [-0.4, -0.2) is 10.6 Å². The Kier molecular flexibility index (Phi) is 2.81. The van der Waals surface area contributed by atoms with Crippen LogP contribution in [0, 0.1) is 15.3 Å². The molecule has 0 atom stereocenters. The van der Waals surface area contributed by atoms with Gasteiger partial charge in [-0.15, -0.1) is 0 Å². The van der Waals surface area contributed by atoms with Crippen molar-refractivity contribution in [3.8, 4) is 0 Å². The summed E-state index contributed by atoms with van der Waals surface area (Å²) >= 11 is 3.28. The van der Waals surface area contributed by atoms with Gasteiger partial charge in [0.25, 0.3) is 11.4 Å². The lowest BCUT2D eigenvalue weighted by Gasteiger charge is -2.28. The number of hydrogen-bond donors (Lipinski definition) is 0. The van der Waals surface area contributed by atoms with Crippen molar-refractivity contribution in [3.05, 3.63) is 42.6 Å². The Balaban J connectivity index is 2.26. The molecular weight excluding hydrogens is 314 g/mol. The molecule has 0 radical (unpaired) electrons. The quantitative estimate of drug-likeness (QED) is 0.340. The summed E-state index contributed by atoms with van der Waals surface area (Å²) in [6.07, 6.45) is 4.48. The minimum atomic E-state index is -0.738. The number of non-ortho nitro benzene ring substituents is 1. The highest BCUT2D eigenvalue weighted by Gasteiger charge is 2.43. The van der Waals surface area contributed by atoms with Crippen molar-refractivity contribution in [1.29, 1.82) is 0 Å². The van der Waals surface area contributed by atoms with E-state index >= 15 is 0 Å². The van der Waals surface area contributed by atoms with Crippen molar-refractivity contribution in [2.45, 2.75) is 37.8 Å². The third-order valence-electron chi connectivity index (χ3n) is 3.81. The van der Waals surface area contributed by atoms with Crippen LogP contribution in [0.15, 0.2) is 21.6 Å². The number of hydrogen-bond acceptors (Lipinski definition) is 4. The molecule has 1 aromatic carbocycles. The second-order valence-electron chi connectivity index (χ2n) is 5.00. The maximum absolute atomic E-state index is 12.5. The van der Waals surface area contributed by atoms with Gasteiger partial charge in [0.15, 0.2) is 5.36 Å². The van der Waals surface area contributed by atoms with Gasteiger partial charge in [-0.05, 0) is 28.8 Å². The first-order chi connectivity index (χ1) is 9.03. The van der Waals surface area contributed by atoms with Gasteiger partial charge >= 0.3 is 0 Å². The highest BCUT2D eigenvalue weighted by atomic mass is 79.9. The second-order valence-corrected chi connectivity index (χ2v) is 5.86. The van der Waals surface area contributed by atoms with E-state index in [1.165, 1.54) is 12.1 Å². The number of benzene rings is 1. The third kappa shape index (κ3) is 1.83. The van der Waals surface area contributed by atoms with Gasteiger partial charge in [-0.2, -0.15) is 4.74 Å². The topological polar surface area (TPSA) is 81.6 Å². The van der Waals surface area contributed by atoms with Crippen molar-refractivity contribution in [2.24, 2.45) is 4.99 Å². The van der Waals surface area contributed by atoms with Gasteiger partial charge in [-0.25, -0.2) is 4.99 Å². The van der Waals surface area contributed by atoms with E-state index in [0.717, 1.165) is 24.0 Å². The number of nitro groups is 1. The van der Waals surface area contributed by atoms with Crippen molar-refractivity contribution in [1.82, 2.24) is 4.74 Å². The lowest BCUT2D eigenvalue weighted by atomic mass is 9.90. The number of nitro benzene ring substituents is 1. The van der Waals surface area contributed by atoms with Crippen molar-refractivity contribution in [3.63, 3.8) is 0 Å². The number of fused-ring (bicyclic) bond motifs is 1. The molecule has 1 heterocycles. The van der Waals surface area contributed by atoms with Gasteiger partial charge in [0, 0.05) is 18.9 Å². The minimum Gasteiger partial charge on any atom is -0.622 e. The van der Waals surface area contributed by atoms with Gasteiger partial charge in [0.2, 0.25) is 5.36 Å². The van der Waals surface area contributed by atoms with Crippen molar-refractivity contribution in [2.75, 3.05) is 0 Å². The molecule has 7 heteroatoms. The van der Waals surface area contributed by atoms with Gasteiger partial charge in [0.05, 0.1) is 15.5 Å². The van der Waals surface area contributed by atoms with E-state index < -0.39 is 10.6 Å². The molecule has 100 valence electrons. The SMILES string of the molecule is O=[N+]([O-])c1cc(Br)c2c(c1)=[N+]([O-])C1(CCCCC1)N=2. The number of halogens is 1. The summed E-state index contributed by atoms with van der Waals surface area (Å²) in [6, 6.07) is 2.72. The molecular formula is C12H12BrN3O3. The molecule has 3 rings (SSSR count). The van der Waals surface area contributed by atoms with Crippen LogP contribution in [-0.2, 0) is 0 Å². The molecule has 0 bridgehead atoms. The Bertz CT molecular complexity index is 680. The summed E-state index contributed by atoms with van der Waals surface area (Å²) in [7, 11) is 0. The number of hydroxylamine groups is 1. The van der Waals surface area contributed by atoms with Gasteiger partial charge in [-0.3, -0.25) is 10.1 Å². The average Bonchev–Trinajstić information content (AvgIpc) is 2.65. The largest absolute Gasteiger partial charge is 0.622 e. The summed E-state index contributed by atoms with van der Waals surface area (Å²) in [5, 5.41) is 24.2. The van der Waals surface area contributed by atoms with Crippen LogP contribution in [0.1, 0.15) is 32.1 Å². The molecule has 0 N–H and O–H groups in total. The molecule has 0 saturated heterocycles. The second kappa shape index (κ2) is 4.26. The molecule has 0 unspecified atom stereocenters. The van der Waals surface area contributed by atoms with E-state index in [1.54, 1.807) is 0 Å². The van der Waals surface area contributed by atoms with E-state index in [-0.39, 0.29) is 5.69 Å². The highest BCUT2D eigenvalue weighted by molar-refractivity contribution is 9.10. The molecule has 1 aromatic rings. The average molecular weight is 326 g/mol. The van der Waals surface area contributed by atoms with Crippen LogP contribution < -0.4 is 15.5 Å². The predicted molar refractivity (Wildman–Crippen MR) is 72.0 cm³/mol. The van der Waals surface area contributed by atoms with Gasteiger partial charge in [-0.1, -0.05) is 6.42 Å². The first-order valence-electron chi connectivity index (χ1n) is 6.22. The standard InChI is InChI=1S/C12H12BrN3O3/c13-9-6-8(16(18)19)7-10-11(9)14-12(15(10)17)4-2-1-3-5-12/h6-7H,1-5H2. The first-order valence-corrected chi connectivity index (χ1v) is 7.01. The van der Waals surface area contributed by atoms with Crippen LogP contribution in [0.3, 0.4) is 0 Å². The van der Waals surface area contributed by atoms with Crippen molar-refractivity contribution < 1.29 is 4.92 Å². The van der Waals surface area contributed by atoms with E-state index in [0.29, 0.717) is 28.0 Å². The van der Waals surface area contributed by atoms with Crippen LogP contribution in [0.4, 0.5) is 5.69 Å². The van der Waals surface area contributed by atoms with Crippen LogP contribution >= 0.6 is 15.9 Å². The zero-order valence-electron chi connectivity index (χ0n) is 10.1. The Morgan fingerprint density at radius 3 is 2.63 bits per heavy atom. The van der Waals surface area contributed by atoms with Gasteiger partial charge < -0.3 is 5.21 Å². The fraction of sp³-hybridized carbons (Fsp3) is 0.500. The summed E-state index contributed by atoms with van der Waals surface area (Å²) in [5.41, 5.74) is -0.826. The van der Waals surface area contributed by atoms with E-state index in [1.807, 2.05) is 0 Å². The first kappa shape index (κ1) is 12.5. The molecule has 2 aliphatic rings. The van der Waals surface area contributed by atoms with Gasteiger partial charge in [0.1, 0.15) is 0 Å². The summed E-state index contributed by atoms with van der Waals surface area (Å²) in [6.45, 7) is 0. The predicted octanol–water partition coefficient (Wildman–Crippen LogP) is 1.64. The van der Waals surface area contributed by atoms with E-state index in [2.05, 4.69) is 20.9 Å². The molecule has 1 aliphatic carbocycles. The van der Waals surface area contributed by atoms with E-state index in [4.69, 9.17) is 0 Å². The maximum Gasteiger partial charge on any atom is 0.277 e. The molecule has 1 fully saturated rings. The molecule has 19 heavy (non-hydrogen) atoms. The third-order valence-corrected chi connectivity index (χ3v) is 4.41.